The molecule has 6 atom stereocenters. The summed E-state index contributed by atoms with van der Waals surface area (Å²) in [5.74, 6) is 0.851. The molecule has 18 nitrogen and oxygen atoms in total. The van der Waals surface area contributed by atoms with E-state index in [-0.39, 0.29) is 21.4 Å². The first-order chi connectivity index (χ1) is 38.4. The van der Waals surface area contributed by atoms with Gasteiger partial charge in [0.05, 0.1) is 55.8 Å². The van der Waals surface area contributed by atoms with Gasteiger partial charge in [0, 0.05) is 73.8 Å². The monoisotopic (exact) mass is 1170 g/mol. The topological polar surface area (TPSA) is 205 Å². The van der Waals surface area contributed by atoms with Crippen LogP contribution in [0.3, 0.4) is 0 Å². The molecule has 0 radical (unpaired) electrons. The van der Waals surface area contributed by atoms with E-state index in [1.54, 1.807) is 12.1 Å². The molecule has 446 valence electrons. The summed E-state index contributed by atoms with van der Waals surface area (Å²) in [5.41, 5.74) is -3.61. The van der Waals surface area contributed by atoms with Crippen LogP contribution in [0.5, 0.6) is 0 Å². The first-order valence-electron chi connectivity index (χ1n) is 25.8. The number of nitrogens with one attached hydrogen (secondary N) is 4. The number of rotatable bonds is 19. The summed E-state index contributed by atoms with van der Waals surface area (Å²) in [6.45, 7) is 1.79. The molecule has 4 amide bonds. The Hall–Kier alpha value is -7.22. The number of methoxy groups -OCH3 is 1. The third-order valence-electron chi connectivity index (χ3n) is 15.0. The van der Waals surface area contributed by atoms with Crippen LogP contribution in [-0.4, -0.2) is 156 Å². The summed E-state index contributed by atoms with van der Waals surface area (Å²) in [4.78, 5) is 62.7. The van der Waals surface area contributed by atoms with Crippen LogP contribution >= 0.6 is 0 Å². The quantitative estimate of drug-likeness (QED) is 0.0368. The van der Waals surface area contributed by atoms with E-state index in [2.05, 4.69) is 36.8 Å². The molecule has 28 heteroatoms. The fraction of sp³-hybridized carbons (Fsp3) is 0.519. The second-order valence-electron chi connectivity index (χ2n) is 21.4. The molecule has 3 aliphatic rings. The first kappa shape index (κ1) is 62.4. The van der Waals surface area contributed by atoms with Gasteiger partial charge in [0.15, 0.2) is 6.10 Å². The van der Waals surface area contributed by atoms with Gasteiger partial charge in [0.25, 0.3) is 5.91 Å². The van der Waals surface area contributed by atoms with E-state index in [4.69, 9.17) is 14.5 Å². The zero-order valence-corrected chi connectivity index (χ0v) is 45.5. The Morgan fingerprint density at radius 3 is 1.99 bits per heavy atom. The van der Waals surface area contributed by atoms with Crippen LogP contribution in [0.15, 0.2) is 60.9 Å². The number of aliphatic hydroxyl groups excluding tert-OH is 1. The van der Waals surface area contributed by atoms with Crippen molar-refractivity contribution in [2.75, 3.05) is 51.9 Å². The van der Waals surface area contributed by atoms with E-state index in [0.717, 1.165) is 71.5 Å². The summed E-state index contributed by atoms with van der Waals surface area (Å²) in [7, 11) is 1.79. The highest BCUT2D eigenvalue weighted by Crippen LogP contribution is 2.43. The van der Waals surface area contributed by atoms with E-state index in [9.17, 15) is 59.4 Å². The molecule has 2 aromatic carbocycles. The SMILES string of the molecule is CNC(=O)O[C@H](C(=O)NN(Cc1c(F)cc(-c2cnn(C(F)F)c2)cc1F)C[C@H](O)[C@H](Cc1ccc(C#Cc2ccc(N3C[C@@H]4CC[C@@H](C3)N4C3COC3)nc2C)cc1)NC(=O)[C@@H](NC(=O)OC)C(C)(C)C(F)(F)F)C(C)(C)C(F)(F)F. The third-order valence-corrected chi connectivity index (χ3v) is 15.0. The molecule has 5 heterocycles. The number of alkyl halides is 8. The summed E-state index contributed by atoms with van der Waals surface area (Å²) >= 11 is 0. The predicted octanol–water partition coefficient (Wildman–Crippen LogP) is 6.93. The number of amides is 4. The molecule has 3 fully saturated rings. The average molecular weight is 1170 g/mol. The van der Waals surface area contributed by atoms with Crippen molar-refractivity contribution in [3.8, 4) is 23.0 Å². The minimum absolute atomic E-state index is 0.176. The Morgan fingerprint density at radius 1 is 0.841 bits per heavy atom. The van der Waals surface area contributed by atoms with Gasteiger partial charge < -0.3 is 40.2 Å². The number of nitrogens with zero attached hydrogens (tertiary/aromatic N) is 6. The largest absolute Gasteiger partial charge is 0.453 e. The maximum absolute atomic E-state index is 16.1. The molecule has 3 saturated heterocycles. The molecule has 3 aliphatic heterocycles. The van der Waals surface area contributed by atoms with Crippen LogP contribution in [0.1, 0.15) is 75.0 Å². The van der Waals surface area contributed by atoms with E-state index in [1.165, 1.54) is 12.1 Å². The van der Waals surface area contributed by atoms with Gasteiger partial charge in [0.1, 0.15) is 28.9 Å². The number of pyridine rings is 1. The lowest BCUT2D eigenvalue weighted by Gasteiger charge is -2.48. The standard InChI is InChI=1S/C54H62F10N10O8/c1-29-32(14-17-43(67-29)71-23-35-15-16-36(24-71)74(35)37-27-81-28-37)13-12-30-8-10-31(11-9-30)18-41(68-46(76)44(69-50(79)80-7)51(2,3)53(59,60)61)42(75)26-72(70-47(77)45(82-49(78)65-6)52(4,5)54(62,63)64)25-38-39(55)19-33(20-40(38)56)34-21-66-73(22-34)48(57)58/h8-11,14,17,19-22,35-37,41-42,44-45,48,75H,15-16,18,23-28H2,1-7H3,(H,65,78)(H,68,76)(H,69,79)(H,70,77)/t35-,36-,41-,42-,44+,45+/m0/s1. The number of aromatic nitrogens is 3. The highest BCUT2D eigenvalue weighted by molar-refractivity contribution is 5.87. The van der Waals surface area contributed by atoms with E-state index in [1.807, 2.05) is 35.1 Å². The van der Waals surface area contributed by atoms with E-state index < -0.39 is 115 Å². The second kappa shape index (κ2) is 25.1. The van der Waals surface area contributed by atoms with Crippen LogP contribution in [0, 0.1) is 41.2 Å². The zero-order chi connectivity index (χ0) is 60.2. The number of anilines is 1. The van der Waals surface area contributed by atoms with Gasteiger partial charge in [-0.3, -0.25) is 19.9 Å². The van der Waals surface area contributed by atoms with Crippen LogP contribution in [0.25, 0.3) is 11.1 Å². The number of hydrogen-bond donors (Lipinski definition) is 5. The third kappa shape index (κ3) is 14.2. The zero-order valence-electron chi connectivity index (χ0n) is 45.5. The van der Waals surface area contributed by atoms with Crippen LogP contribution < -0.4 is 26.3 Å². The number of alkyl carbamates (subject to hydrolysis) is 2. The number of ether oxygens (including phenoxy) is 3. The smallest absolute Gasteiger partial charge is 0.407 e. The van der Waals surface area contributed by atoms with Crippen LogP contribution in [-0.2, 0) is 36.8 Å². The minimum Gasteiger partial charge on any atom is -0.453 e. The molecule has 0 saturated carbocycles. The molecular formula is C54H62F10N10O8. The Kier molecular flexibility index (Phi) is 19.1. The van der Waals surface area contributed by atoms with Gasteiger partial charge in [0.2, 0.25) is 5.91 Å². The van der Waals surface area contributed by atoms with Crippen molar-refractivity contribution in [3.05, 3.63) is 101 Å². The number of carbonyl (C=O) groups is 4. The minimum atomic E-state index is -5.27. The van der Waals surface area contributed by atoms with Crippen molar-refractivity contribution in [1.29, 1.82) is 0 Å². The molecule has 2 bridgehead atoms. The lowest BCUT2D eigenvalue weighted by Crippen LogP contribution is -2.62. The van der Waals surface area contributed by atoms with Crippen molar-refractivity contribution in [2.24, 2.45) is 10.8 Å². The molecule has 0 spiro atoms. The van der Waals surface area contributed by atoms with E-state index in [0.29, 0.717) is 79.8 Å². The summed E-state index contributed by atoms with van der Waals surface area (Å²) in [5, 5.41) is 22.1. The summed E-state index contributed by atoms with van der Waals surface area (Å²) < 4.78 is 161. The Labute approximate surface area is 465 Å². The number of aliphatic hydroxyl groups is 1. The maximum atomic E-state index is 16.1. The van der Waals surface area contributed by atoms with Crippen LogP contribution in [0.2, 0.25) is 0 Å². The molecule has 4 aromatic rings. The molecule has 0 unspecified atom stereocenters. The fourth-order valence-electron chi connectivity index (χ4n) is 9.82. The Balaban J connectivity index is 1.19. The number of hydrazine groups is 1. The molecule has 7 rings (SSSR count). The Bertz CT molecular complexity index is 2980. The lowest BCUT2D eigenvalue weighted by molar-refractivity contribution is -0.239. The van der Waals surface area contributed by atoms with Crippen molar-refractivity contribution < 1.29 is 82.4 Å². The maximum Gasteiger partial charge on any atom is 0.407 e. The number of aryl methyl sites for hydroxylation is 1. The van der Waals surface area contributed by atoms with Crippen molar-refractivity contribution in [1.82, 2.24) is 46.0 Å². The molecule has 0 aliphatic carbocycles. The van der Waals surface area contributed by atoms with Crippen molar-refractivity contribution in [2.45, 2.75) is 122 Å². The molecular weight excluding hydrogens is 1110 g/mol. The molecule has 2 aromatic heterocycles. The Morgan fingerprint density at radius 2 is 1.46 bits per heavy atom. The van der Waals surface area contributed by atoms with Crippen LogP contribution in [0.4, 0.5) is 59.3 Å². The van der Waals surface area contributed by atoms with Crippen molar-refractivity contribution in [3.63, 3.8) is 0 Å². The number of carbonyl (C=O) groups excluding carboxylic acids is 4. The number of fused-ring (bicyclic) bond motifs is 2. The first-order valence-corrected chi connectivity index (χ1v) is 25.8. The van der Waals surface area contributed by atoms with Gasteiger partial charge in [-0.05, 0) is 101 Å². The van der Waals surface area contributed by atoms with Gasteiger partial charge >= 0.3 is 31.1 Å². The predicted molar refractivity (Wildman–Crippen MR) is 274 cm³/mol. The van der Waals surface area contributed by atoms with Crippen molar-refractivity contribution >= 4 is 29.8 Å². The average Bonchev–Trinajstić information content (AvgIpc) is 3.00. The highest BCUT2D eigenvalue weighted by atomic mass is 19.4. The normalized spacial score (nSPS) is 18.4. The highest BCUT2D eigenvalue weighted by Gasteiger charge is 2.58. The van der Waals surface area contributed by atoms with Gasteiger partial charge in [-0.15, -0.1) is 0 Å². The lowest BCUT2D eigenvalue weighted by atomic mass is 9.82. The number of halogens is 10. The number of hydrogen-bond acceptors (Lipinski definition) is 13. The molecule has 82 heavy (non-hydrogen) atoms. The van der Waals surface area contributed by atoms with E-state index >= 15 is 8.78 Å². The molecule has 5 N–H and O–H groups in total. The summed E-state index contributed by atoms with van der Waals surface area (Å²) in [6, 6.07) is 8.27. The fourth-order valence-corrected chi connectivity index (χ4v) is 9.82. The number of benzene rings is 2. The van der Waals surface area contributed by atoms with Gasteiger partial charge in [-0.25, -0.2) is 33.0 Å². The summed E-state index contributed by atoms with van der Waals surface area (Å²) in [6.07, 6.45) is -15.0. The number of piperazine rings is 1. The van der Waals surface area contributed by atoms with Gasteiger partial charge in [-0.2, -0.15) is 40.2 Å². The second-order valence-corrected chi connectivity index (χ2v) is 21.4. The van der Waals surface area contributed by atoms with Gasteiger partial charge in [-0.1, -0.05) is 24.0 Å².